The van der Waals surface area contributed by atoms with Crippen LogP contribution < -0.4 is 5.32 Å². The third-order valence-corrected chi connectivity index (χ3v) is 6.50. The molecule has 1 aromatic rings. The Hall–Kier alpha value is -1.85. The number of aryl methyl sites for hydroxylation is 3. The number of hydrogen-bond donors (Lipinski definition) is 2. The number of ether oxygens (including phenoxy) is 2. The summed E-state index contributed by atoms with van der Waals surface area (Å²) in [6.07, 6.45) is 5.47. The highest BCUT2D eigenvalue weighted by Crippen LogP contribution is 2.47. The van der Waals surface area contributed by atoms with Gasteiger partial charge in [-0.1, -0.05) is 17.7 Å². The second kappa shape index (κ2) is 7.53. The molecule has 4 rings (SSSR count). The molecule has 0 unspecified atom stereocenters. The quantitative estimate of drug-likeness (QED) is 0.773. The van der Waals surface area contributed by atoms with Crippen LogP contribution in [0, 0.1) is 20.8 Å². The van der Waals surface area contributed by atoms with Crippen molar-refractivity contribution < 1.29 is 19.4 Å². The predicted molar refractivity (Wildman–Crippen MR) is 108 cm³/mol. The van der Waals surface area contributed by atoms with Crippen molar-refractivity contribution in [1.82, 2.24) is 5.32 Å². The first-order chi connectivity index (χ1) is 13.4. The molecule has 0 aromatic heterocycles. The topological polar surface area (TPSA) is 67.8 Å². The maximum atomic E-state index is 12.8. The van der Waals surface area contributed by atoms with Crippen molar-refractivity contribution in [2.24, 2.45) is 0 Å². The largest absolute Gasteiger partial charge is 0.507 e. The lowest BCUT2D eigenvalue weighted by atomic mass is 9.80. The molecular formula is C23H31NO4. The maximum absolute atomic E-state index is 12.8. The highest BCUT2D eigenvalue weighted by atomic mass is 16.6. The number of hydrogen-bond acceptors (Lipinski definition) is 5. The molecule has 1 spiro atoms. The number of piperidine rings is 1. The molecule has 1 aromatic carbocycles. The van der Waals surface area contributed by atoms with Crippen molar-refractivity contribution in [3.63, 3.8) is 0 Å². The Labute approximate surface area is 167 Å². The third kappa shape index (κ3) is 3.46. The fraction of sp³-hybridized carbons (Fsp3) is 0.609. The number of carbonyl (C=O) groups is 1. The smallest absolute Gasteiger partial charge is 0.343 e. The molecule has 5 heteroatoms. The Balaban J connectivity index is 1.53. The Morgan fingerprint density at radius 2 is 1.61 bits per heavy atom. The summed E-state index contributed by atoms with van der Waals surface area (Å²) in [6, 6.07) is 4.09. The normalized spacial score (nSPS) is 28.8. The molecule has 2 heterocycles. The van der Waals surface area contributed by atoms with E-state index >= 15 is 0 Å². The van der Waals surface area contributed by atoms with Crippen LogP contribution in [0.15, 0.2) is 17.9 Å². The molecule has 5 nitrogen and oxygen atoms in total. The van der Waals surface area contributed by atoms with Gasteiger partial charge in [0.2, 0.25) is 0 Å². The van der Waals surface area contributed by atoms with Crippen molar-refractivity contribution in [2.45, 2.75) is 77.1 Å². The van der Waals surface area contributed by atoms with E-state index in [2.05, 4.69) is 5.32 Å². The van der Waals surface area contributed by atoms with Crippen LogP contribution in [0.25, 0.3) is 5.57 Å². The first kappa shape index (κ1) is 19.5. The summed E-state index contributed by atoms with van der Waals surface area (Å²) >= 11 is 0. The number of nitrogens with one attached hydrogen (secondary N) is 1. The van der Waals surface area contributed by atoms with Gasteiger partial charge in [-0.3, -0.25) is 0 Å². The number of aliphatic hydroxyl groups excluding tert-OH is 1. The van der Waals surface area contributed by atoms with Crippen LogP contribution in [0.2, 0.25) is 0 Å². The molecule has 28 heavy (non-hydrogen) atoms. The first-order valence-electron chi connectivity index (χ1n) is 10.5. The molecule has 152 valence electrons. The molecule has 0 atom stereocenters. The van der Waals surface area contributed by atoms with Crippen LogP contribution in [0.4, 0.5) is 0 Å². The van der Waals surface area contributed by atoms with E-state index in [1.807, 2.05) is 32.9 Å². The van der Waals surface area contributed by atoms with E-state index in [0.29, 0.717) is 24.5 Å². The summed E-state index contributed by atoms with van der Waals surface area (Å²) in [4.78, 5) is 12.8. The van der Waals surface area contributed by atoms with Gasteiger partial charge in [-0.05, 0) is 89.1 Å². The molecule has 2 fully saturated rings. The zero-order valence-corrected chi connectivity index (χ0v) is 17.1. The van der Waals surface area contributed by atoms with Crippen molar-refractivity contribution in [3.05, 3.63) is 40.1 Å². The number of esters is 1. The summed E-state index contributed by atoms with van der Waals surface area (Å²) in [5.74, 6) is -0.279. The Morgan fingerprint density at radius 1 is 1.04 bits per heavy atom. The van der Waals surface area contributed by atoms with Gasteiger partial charge in [-0.2, -0.15) is 0 Å². The molecule has 2 aliphatic heterocycles. The lowest BCUT2D eigenvalue weighted by Gasteiger charge is -2.37. The van der Waals surface area contributed by atoms with E-state index in [1.54, 1.807) is 0 Å². The van der Waals surface area contributed by atoms with Crippen molar-refractivity contribution in [2.75, 3.05) is 13.1 Å². The number of rotatable bonds is 3. The Kier molecular flexibility index (Phi) is 5.23. The lowest BCUT2D eigenvalue weighted by Crippen LogP contribution is -2.41. The van der Waals surface area contributed by atoms with Crippen molar-refractivity contribution >= 4 is 11.5 Å². The lowest BCUT2D eigenvalue weighted by molar-refractivity contribution is -0.154. The zero-order valence-electron chi connectivity index (χ0n) is 17.1. The van der Waals surface area contributed by atoms with Crippen molar-refractivity contribution in [3.8, 4) is 0 Å². The van der Waals surface area contributed by atoms with Gasteiger partial charge in [0, 0.05) is 0 Å². The summed E-state index contributed by atoms with van der Waals surface area (Å²) < 4.78 is 12.1. The van der Waals surface area contributed by atoms with E-state index in [-0.39, 0.29) is 11.9 Å². The van der Waals surface area contributed by atoms with Crippen LogP contribution in [-0.4, -0.2) is 42.0 Å². The van der Waals surface area contributed by atoms with Crippen LogP contribution in [0.5, 0.6) is 0 Å². The molecule has 0 radical (unpaired) electrons. The average Bonchev–Trinajstić information content (AvgIpc) is 2.88. The van der Waals surface area contributed by atoms with Gasteiger partial charge in [-0.25, -0.2) is 4.79 Å². The van der Waals surface area contributed by atoms with E-state index in [4.69, 9.17) is 9.47 Å². The van der Waals surface area contributed by atoms with Crippen LogP contribution >= 0.6 is 0 Å². The summed E-state index contributed by atoms with van der Waals surface area (Å²) in [5.41, 5.74) is 3.44. The maximum Gasteiger partial charge on any atom is 0.343 e. The number of carbonyl (C=O) groups excluding carboxylic acids is 1. The molecule has 3 aliphatic rings. The van der Waals surface area contributed by atoms with E-state index in [0.717, 1.165) is 61.0 Å². The molecule has 0 bridgehead atoms. The SMILES string of the molecule is Cc1cc(C)c(C2=C(O)[C@]3(CC[C@H](OC4CCNCC4)CC3)OC2=O)c(C)c1. The highest BCUT2D eigenvalue weighted by Gasteiger charge is 2.51. The first-order valence-corrected chi connectivity index (χ1v) is 10.5. The second-order valence-corrected chi connectivity index (χ2v) is 8.67. The fourth-order valence-corrected chi connectivity index (χ4v) is 5.13. The van der Waals surface area contributed by atoms with E-state index in [1.165, 1.54) is 0 Å². The second-order valence-electron chi connectivity index (χ2n) is 8.67. The Bertz CT molecular complexity index is 776. The molecule has 1 saturated carbocycles. The molecule has 2 N–H and O–H groups in total. The minimum atomic E-state index is -0.871. The molecule has 1 saturated heterocycles. The zero-order chi connectivity index (χ0) is 19.9. The molecular weight excluding hydrogens is 354 g/mol. The van der Waals surface area contributed by atoms with Crippen molar-refractivity contribution in [1.29, 1.82) is 0 Å². The van der Waals surface area contributed by atoms with Crippen LogP contribution in [0.3, 0.4) is 0 Å². The van der Waals surface area contributed by atoms with Gasteiger partial charge >= 0.3 is 5.97 Å². The van der Waals surface area contributed by atoms with E-state index < -0.39 is 11.6 Å². The van der Waals surface area contributed by atoms with E-state index in [9.17, 15) is 9.90 Å². The van der Waals surface area contributed by atoms with Gasteiger partial charge in [0.05, 0.1) is 12.2 Å². The van der Waals surface area contributed by atoms with Crippen LogP contribution in [0.1, 0.15) is 60.8 Å². The van der Waals surface area contributed by atoms with Gasteiger partial charge in [0.1, 0.15) is 5.57 Å². The number of benzene rings is 1. The molecule has 0 amide bonds. The highest BCUT2D eigenvalue weighted by molar-refractivity contribution is 6.20. The summed E-state index contributed by atoms with van der Waals surface area (Å²) in [7, 11) is 0. The van der Waals surface area contributed by atoms with Crippen LogP contribution in [-0.2, 0) is 14.3 Å². The summed E-state index contributed by atoms with van der Waals surface area (Å²) in [6.45, 7) is 8.04. The number of aliphatic hydroxyl groups is 1. The Morgan fingerprint density at radius 3 is 2.21 bits per heavy atom. The minimum Gasteiger partial charge on any atom is -0.507 e. The monoisotopic (exact) mass is 385 g/mol. The average molecular weight is 386 g/mol. The minimum absolute atomic E-state index is 0.118. The van der Waals surface area contributed by atoms with Gasteiger partial charge in [-0.15, -0.1) is 0 Å². The van der Waals surface area contributed by atoms with Gasteiger partial charge < -0.3 is 19.9 Å². The third-order valence-electron chi connectivity index (χ3n) is 6.50. The summed E-state index contributed by atoms with van der Waals surface area (Å²) in [5, 5.41) is 14.5. The molecule has 1 aliphatic carbocycles. The van der Waals surface area contributed by atoms with Gasteiger partial charge in [0.15, 0.2) is 11.4 Å². The standard InChI is InChI=1S/C23H31NO4/c1-14-12-15(2)19(16(3)13-14)20-21(25)23(28-22(20)26)8-4-17(5-9-23)27-18-6-10-24-11-7-18/h12-13,17-18,24-25H,4-11H2,1-3H3/t17-,23+. The van der Waals surface area contributed by atoms with Gasteiger partial charge in [0.25, 0.3) is 0 Å². The predicted octanol–water partition coefficient (Wildman–Crippen LogP) is 3.89. The fourth-order valence-electron chi connectivity index (χ4n) is 5.13.